The van der Waals surface area contributed by atoms with Crippen molar-refractivity contribution in [2.45, 2.75) is 32.2 Å². The second-order valence-electron chi connectivity index (χ2n) is 7.61. The highest BCUT2D eigenvalue weighted by molar-refractivity contribution is 5.84. The highest BCUT2D eigenvalue weighted by Crippen LogP contribution is 2.21. The van der Waals surface area contributed by atoms with Gasteiger partial charge in [0.1, 0.15) is 0 Å². The van der Waals surface area contributed by atoms with E-state index >= 15 is 0 Å². The van der Waals surface area contributed by atoms with Gasteiger partial charge in [0.15, 0.2) is 0 Å². The quantitative estimate of drug-likeness (QED) is 0.822. The zero-order chi connectivity index (χ0) is 18.6. The molecule has 0 saturated carbocycles. The standard InChI is InChI=1S/C20H29N3O3/c1-20(2)16-26-15-14-23(20)19(25)9-8-18(24)22-12-10-21(11-13-22)17-6-4-3-5-7-17/h3-7H,8-16H2,1-2H3. The Kier molecular flexibility index (Phi) is 5.81. The number of nitrogens with zero attached hydrogens (tertiary/aromatic N) is 3. The first-order valence-electron chi connectivity index (χ1n) is 9.43. The van der Waals surface area contributed by atoms with Gasteiger partial charge < -0.3 is 19.4 Å². The van der Waals surface area contributed by atoms with Gasteiger partial charge in [-0.05, 0) is 26.0 Å². The van der Waals surface area contributed by atoms with Crippen molar-refractivity contribution in [3.05, 3.63) is 30.3 Å². The lowest BCUT2D eigenvalue weighted by Gasteiger charge is -2.42. The van der Waals surface area contributed by atoms with E-state index in [9.17, 15) is 9.59 Å². The Hall–Kier alpha value is -2.08. The van der Waals surface area contributed by atoms with Crippen LogP contribution in [0.1, 0.15) is 26.7 Å². The summed E-state index contributed by atoms with van der Waals surface area (Å²) >= 11 is 0. The Morgan fingerprint density at radius 2 is 1.62 bits per heavy atom. The van der Waals surface area contributed by atoms with E-state index in [2.05, 4.69) is 17.0 Å². The molecule has 0 unspecified atom stereocenters. The molecule has 2 aliphatic rings. The van der Waals surface area contributed by atoms with E-state index in [4.69, 9.17) is 4.74 Å². The highest BCUT2D eigenvalue weighted by atomic mass is 16.5. The number of carbonyl (C=O) groups excluding carboxylic acids is 2. The van der Waals surface area contributed by atoms with Crippen LogP contribution in [0.5, 0.6) is 0 Å². The average molecular weight is 359 g/mol. The molecule has 0 aliphatic carbocycles. The molecule has 6 heteroatoms. The maximum atomic E-state index is 12.5. The lowest BCUT2D eigenvalue weighted by molar-refractivity contribution is -0.148. The fourth-order valence-electron chi connectivity index (χ4n) is 3.68. The van der Waals surface area contributed by atoms with E-state index in [1.807, 2.05) is 41.8 Å². The van der Waals surface area contributed by atoms with E-state index in [1.165, 1.54) is 5.69 Å². The lowest BCUT2D eigenvalue weighted by atomic mass is 10.0. The molecule has 2 saturated heterocycles. The molecule has 0 aromatic heterocycles. The van der Waals surface area contributed by atoms with Crippen molar-refractivity contribution < 1.29 is 14.3 Å². The first-order valence-corrected chi connectivity index (χ1v) is 9.43. The van der Waals surface area contributed by atoms with Crippen molar-refractivity contribution in [1.29, 1.82) is 0 Å². The number of ether oxygens (including phenoxy) is 1. The molecule has 2 amide bonds. The molecule has 26 heavy (non-hydrogen) atoms. The first-order chi connectivity index (χ1) is 12.5. The molecule has 2 aliphatic heterocycles. The topological polar surface area (TPSA) is 53.1 Å². The van der Waals surface area contributed by atoms with Crippen molar-refractivity contribution in [3.63, 3.8) is 0 Å². The van der Waals surface area contributed by atoms with Gasteiger partial charge in [-0.1, -0.05) is 18.2 Å². The van der Waals surface area contributed by atoms with Gasteiger partial charge in [0.2, 0.25) is 11.8 Å². The van der Waals surface area contributed by atoms with Gasteiger partial charge in [0.05, 0.1) is 18.8 Å². The minimum absolute atomic E-state index is 0.0505. The number of rotatable bonds is 4. The molecule has 0 N–H and O–H groups in total. The molecule has 3 rings (SSSR count). The summed E-state index contributed by atoms with van der Waals surface area (Å²) in [5.74, 6) is 0.131. The lowest BCUT2D eigenvalue weighted by Crippen LogP contribution is -2.55. The Bertz CT molecular complexity index is 624. The number of hydrogen-bond acceptors (Lipinski definition) is 4. The van der Waals surface area contributed by atoms with Crippen molar-refractivity contribution in [1.82, 2.24) is 9.80 Å². The van der Waals surface area contributed by atoms with Crippen LogP contribution in [0.15, 0.2) is 30.3 Å². The van der Waals surface area contributed by atoms with Crippen LogP contribution in [0.3, 0.4) is 0 Å². The van der Waals surface area contributed by atoms with Crippen molar-refractivity contribution >= 4 is 17.5 Å². The molecule has 0 atom stereocenters. The van der Waals surface area contributed by atoms with E-state index in [0.29, 0.717) is 32.8 Å². The van der Waals surface area contributed by atoms with Crippen LogP contribution in [0.4, 0.5) is 5.69 Å². The van der Waals surface area contributed by atoms with E-state index < -0.39 is 0 Å². The Morgan fingerprint density at radius 1 is 0.962 bits per heavy atom. The number of morpholine rings is 1. The minimum Gasteiger partial charge on any atom is -0.377 e. The predicted molar refractivity (Wildman–Crippen MR) is 101 cm³/mol. The summed E-state index contributed by atoms with van der Waals surface area (Å²) in [6, 6.07) is 10.3. The van der Waals surface area contributed by atoms with E-state index in [1.54, 1.807) is 0 Å². The molecule has 0 spiro atoms. The van der Waals surface area contributed by atoms with Gasteiger partial charge in [-0.3, -0.25) is 9.59 Å². The van der Waals surface area contributed by atoms with Crippen LogP contribution in [0, 0.1) is 0 Å². The summed E-state index contributed by atoms with van der Waals surface area (Å²) in [5.41, 5.74) is 0.906. The number of hydrogen-bond donors (Lipinski definition) is 0. The van der Waals surface area contributed by atoms with Crippen LogP contribution in [0.2, 0.25) is 0 Å². The zero-order valence-electron chi connectivity index (χ0n) is 15.8. The van der Waals surface area contributed by atoms with Crippen molar-refractivity contribution in [3.8, 4) is 0 Å². The van der Waals surface area contributed by atoms with Crippen LogP contribution in [0.25, 0.3) is 0 Å². The van der Waals surface area contributed by atoms with Crippen molar-refractivity contribution in [2.24, 2.45) is 0 Å². The number of benzene rings is 1. The third-order valence-corrected chi connectivity index (χ3v) is 5.25. The molecule has 2 heterocycles. The smallest absolute Gasteiger partial charge is 0.223 e. The van der Waals surface area contributed by atoms with Crippen LogP contribution in [-0.4, -0.2) is 73.1 Å². The van der Waals surface area contributed by atoms with Gasteiger partial charge in [0.25, 0.3) is 0 Å². The monoisotopic (exact) mass is 359 g/mol. The fourth-order valence-corrected chi connectivity index (χ4v) is 3.68. The van der Waals surface area contributed by atoms with Crippen LogP contribution in [-0.2, 0) is 14.3 Å². The number of piperazine rings is 1. The van der Waals surface area contributed by atoms with Crippen molar-refractivity contribution in [2.75, 3.05) is 50.8 Å². The summed E-state index contributed by atoms with van der Waals surface area (Å²) in [5, 5.41) is 0. The predicted octanol–water partition coefficient (Wildman–Crippen LogP) is 1.75. The van der Waals surface area contributed by atoms with E-state index in [-0.39, 0.29) is 30.2 Å². The number of anilines is 1. The maximum absolute atomic E-state index is 12.5. The SMILES string of the molecule is CC1(C)COCCN1C(=O)CCC(=O)N1CCN(c2ccccc2)CC1. The van der Waals surface area contributed by atoms with Gasteiger partial charge in [-0.25, -0.2) is 0 Å². The van der Waals surface area contributed by atoms with Crippen LogP contribution >= 0.6 is 0 Å². The second kappa shape index (κ2) is 8.08. The summed E-state index contributed by atoms with van der Waals surface area (Å²) in [6.07, 6.45) is 0.568. The molecule has 6 nitrogen and oxygen atoms in total. The Morgan fingerprint density at radius 3 is 2.27 bits per heavy atom. The normalized spacial score (nSPS) is 20.2. The largest absolute Gasteiger partial charge is 0.377 e. The third-order valence-electron chi connectivity index (χ3n) is 5.25. The van der Waals surface area contributed by atoms with Gasteiger partial charge in [-0.2, -0.15) is 0 Å². The molecule has 1 aromatic carbocycles. The number of para-hydroxylation sites is 1. The average Bonchev–Trinajstić information content (AvgIpc) is 2.66. The summed E-state index contributed by atoms with van der Waals surface area (Å²) in [4.78, 5) is 31.1. The molecule has 1 aromatic rings. The Labute approximate surface area is 155 Å². The molecule has 142 valence electrons. The van der Waals surface area contributed by atoms with E-state index in [0.717, 1.165) is 13.1 Å². The van der Waals surface area contributed by atoms with Gasteiger partial charge in [-0.15, -0.1) is 0 Å². The summed E-state index contributed by atoms with van der Waals surface area (Å²) in [6.45, 7) is 8.84. The van der Waals surface area contributed by atoms with Crippen LogP contribution < -0.4 is 4.90 Å². The number of carbonyl (C=O) groups is 2. The van der Waals surface area contributed by atoms with Gasteiger partial charge in [0, 0.05) is 51.3 Å². The van der Waals surface area contributed by atoms with Gasteiger partial charge >= 0.3 is 0 Å². The minimum atomic E-state index is -0.292. The highest BCUT2D eigenvalue weighted by Gasteiger charge is 2.34. The molecule has 2 fully saturated rings. The summed E-state index contributed by atoms with van der Waals surface area (Å²) in [7, 11) is 0. The first kappa shape index (κ1) is 18.7. The fraction of sp³-hybridized carbons (Fsp3) is 0.600. The zero-order valence-corrected chi connectivity index (χ0v) is 15.8. The molecular formula is C20H29N3O3. The number of amides is 2. The third kappa shape index (κ3) is 4.36. The maximum Gasteiger partial charge on any atom is 0.223 e. The Balaban J connectivity index is 1.45. The molecule has 0 radical (unpaired) electrons. The summed E-state index contributed by atoms with van der Waals surface area (Å²) < 4.78 is 5.46. The molecular weight excluding hydrogens is 330 g/mol. The second-order valence-corrected chi connectivity index (χ2v) is 7.61. The molecule has 0 bridgehead atoms.